The van der Waals surface area contributed by atoms with Crippen molar-refractivity contribution < 1.29 is 58.3 Å². The van der Waals surface area contributed by atoms with Crippen LogP contribution in [-0.4, -0.2) is 98.9 Å². The topological polar surface area (TPSA) is 192 Å². The van der Waals surface area contributed by atoms with Gasteiger partial charge in [0.1, 0.15) is 42.7 Å². The highest BCUT2D eigenvalue weighted by atomic mass is 31.2. The fraction of sp³-hybridized carbons (Fsp3) is 0.930. The Kier molecular flexibility index (Phi) is 33.1. The predicted molar refractivity (Wildman–Crippen MR) is 221 cm³/mol. The Morgan fingerprint density at radius 3 is 1.45 bits per heavy atom. The molecule has 0 heterocycles. The van der Waals surface area contributed by atoms with E-state index in [0.29, 0.717) is 13.0 Å². The fourth-order valence-electron chi connectivity index (χ4n) is 7.00. The molecule has 1 rings (SSSR count). The quantitative estimate of drug-likeness (QED) is 0.0150. The summed E-state index contributed by atoms with van der Waals surface area (Å²) in [5.41, 5.74) is 0. The van der Waals surface area contributed by atoms with E-state index in [1.54, 1.807) is 0 Å². The van der Waals surface area contributed by atoms with E-state index in [2.05, 4.69) is 26.0 Å². The molecule has 6 atom stereocenters. The Morgan fingerprint density at radius 1 is 0.554 bits per heavy atom. The number of carbonyl (C=O) groups excluding carboxylic acids is 1. The van der Waals surface area contributed by atoms with E-state index >= 15 is 0 Å². The molecule has 0 spiro atoms. The van der Waals surface area contributed by atoms with Crippen LogP contribution in [0, 0.1) is 0 Å². The lowest BCUT2D eigenvalue weighted by Crippen LogP contribution is -2.64. The van der Waals surface area contributed by atoms with Crippen LogP contribution in [0.1, 0.15) is 194 Å². The average molecular weight is 823 g/mol. The summed E-state index contributed by atoms with van der Waals surface area (Å²) in [6, 6.07) is 0. The number of carbonyl (C=O) groups is 1. The number of rotatable bonds is 38. The minimum atomic E-state index is -5.01. The summed E-state index contributed by atoms with van der Waals surface area (Å²) in [6.07, 6.45) is 24.3. The Balaban J connectivity index is 2.39. The molecule has 0 bridgehead atoms. The van der Waals surface area contributed by atoms with Gasteiger partial charge in [0.2, 0.25) is 0 Å². The van der Waals surface area contributed by atoms with Crippen LogP contribution in [0.3, 0.4) is 0 Å². The molecular weight excluding hydrogens is 739 g/mol. The van der Waals surface area contributed by atoms with Crippen molar-refractivity contribution in [2.45, 2.75) is 236 Å². The maximum atomic E-state index is 12.8. The molecule has 0 aliphatic heterocycles. The molecule has 1 aliphatic carbocycles. The summed E-state index contributed by atoms with van der Waals surface area (Å²) in [7, 11) is -5.01. The molecule has 56 heavy (non-hydrogen) atoms. The second-order valence-corrected chi connectivity index (χ2v) is 17.3. The number of phosphoric acid groups is 1. The Morgan fingerprint density at radius 2 is 0.946 bits per heavy atom. The lowest BCUT2D eigenvalue weighted by atomic mass is 9.85. The molecule has 1 saturated carbocycles. The molecule has 0 aromatic carbocycles. The van der Waals surface area contributed by atoms with Crippen LogP contribution in [0.15, 0.2) is 12.2 Å². The van der Waals surface area contributed by atoms with Crippen LogP contribution >= 0.6 is 7.82 Å². The monoisotopic (exact) mass is 823 g/mol. The molecule has 0 aromatic rings. The van der Waals surface area contributed by atoms with Crippen molar-refractivity contribution in [1.29, 1.82) is 0 Å². The highest BCUT2D eigenvalue weighted by Gasteiger charge is 2.51. The zero-order valence-corrected chi connectivity index (χ0v) is 36.1. The van der Waals surface area contributed by atoms with E-state index in [4.69, 9.17) is 18.5 Å². The Bertz CT molecular complexity index is 984. The second-order valence-electron chi connectivity index (χ2n) is 15.9. The first kappa shape index (κ1) is 53.1. The summed E-state index contributed by atoms with van der Waals surface area (Å²) in [4.78, 5) is 23.1. The molecule has 1 fully saturated rings. The minimum Gasteiger partial charge on any atom is -0.457 e. The third-order valence-electron chi connectivity index (χ3n) is 10.6. The van der Waals surface area contributed by atoms with Crippen LogP contribution in [0.5, 0.6) is 0 Å². The molecule has 13 heteroatoms. The van der Waals surface area contributed by atoms with Gasteiger partial charge in [-0.3, -0.25) is 13.8 Å². The number of allylic oxidation sites excluding steroid dienone is 2. The first-order chi connectivity index (χ1) is 27.0. The number of hydrogen-bond acceptors (Lipinski definition) is 11. The van der Waals surface area contributed by atoms with Crippen molar-refractivity contribution in [3.63, 3.8) is 0 Å². The first-order valence-electron chi connectivity index (χ1n) is 22.5. The lowest BCUT2D eigenvalue weighted by Gasteiger charge is -2.41. The van der Waals surface area contributed by atoms with E-state index in [9.17, 15) is 39.8 Å². The molecule has 0 saturated heterocycles. The van der Waals surface area contributed by atoms with Crippen molar-refractivity contribution >= 4 is 13.8 Å². The van der Waals surface area contributed by atoms with E-state index in [-0.39, 0.29) is 13.0 Å². The summed E-state index contributed by atoms with van der Waals surface area (Å²) in [5, 5.41) is 50.1. The standard InChI is InChI=1S/C43H83O12P/c1-3-5-7-9-11-13-15-17-18-19-20-21-23-25-27-29-31-33-52-34-36(54-37(44)32-30-28-26-24-22-16-14-12-10-8-6-4-2)35-53-56(50,51)55-43-41(48)39(46)38(45)40(47)42(43)49/h12,14,36,38-43,45-49H,3-11,13,15-35H2,1-2H3,(H,50,51)/b14-12-. The van der Waals surface area contributed by atoms with E-state index < -0.39 is 63.1 Å². The number of esters is 1. The van der Waals surface area contributed by atoms with Crippen molar-refractivity contribution in [3.8, 4) is 0 Å². The van der Waals surface area contributed by atoms with E-state index in [1.165, 1.54) is 109 Å². The largest absolute Gasteiger partial charge is 0.472 e. The number of ether oxygens (including phenoxy) is 2. The molecule has 0 radical (unpaired) electrons. The maximum absolute atomic E-state index is 12.8. The summed E-state index contributed by atoms with van der Waals surface area (Å²) < 4.78 is 34.1. The van der Waals surface area contributed by atoms with Crippen LogP contribution in [0.25, 0.3) is 0 Å². The van der Waals surface area contributed by atoms with Crippen LogP contribution in [-0.2, 0) is 27.9 Å². The van der Waals surface area contributed by atoms with Crippen molar-refractivity contribution in [2.24, 2.45) is 0 Å². The van der Waals surface area contributed by atoms with Gasteiger partial charge in [-0.15, -0.1) is 0 Å². The number of aliphatic hydroxyl groups is 5. The van der Waals surface area contributed by atoms with Gasteiger partial charge in [-0.1, -0.05) is 161 Å². The summed E-state index contributed by atoms with van der Waals surface area (Å²) in [5.74, 6) is -0.484. The molecular formula is C43H83O12P. The summed E-state index contributed by atoms with van der Waals surface area (Å²) in [6.45, 7) is 4.24. The van der Waals surface area contributed by atoms with Gasteiger partial charge in [-0.25, -0.2) is 4.57 Å². The van der Waals surface area contributed by atoms with Gasteiger partial charge in [0.25, 0.3) is 0 Å². The van der Waals surface area contributed by atoms with E-state index in [0.717, 1.165) is 57.8 Å². The molecule has 6 N–H and O–H groups in total. The zero-order chi connectivity index (χ0) is 41.3. The van der Waals surface area contributed by atoms with Gasteiger partial charge >= 0.3 is 13.8 Å². The van der Waals surface area contributed by atoms with E-state index in [1.807, 2.05) is 0 Å². The highest BCUT2D eigenvalue weighted by Crippen LogP contribution is 2.47. The lowest BCUT2D eigenvalue weighted by molar-refractivity contribution is -0.220. The zero-order valence-electron chi connectivity index (χ0n) is 35.2. The molecule has 332 valence electrons. The van der Waals surface area contributed by atoms with Gasteiger partial charge in [0.15, 0.2) is 0 Å². The third kappa shape index (κ3) is 27.0. The van der Waals surface area contributed by atoms with Crippen LogP contribution < -0.4 is 0 Å². The van der Waals surface area contributed by atoms with Gasteiger partial charge in [-0.2, -0.15) is 0 Å². The molecule has 0 amide bonds. The molecule has 6 unspecified atom stereocenters. The average Bonchev–Trinajstić information content (AvgIpc) is 3.18. The number of aliphatic hydroxyl groups excluding tert-OH is 5. The van der Waals surface area contributed by atoms with Gasteiger partial charge in [-0.05, 0) is 38.5 Å². The number of unbranched alkanes of at least 4 members (excludes halogenated alkanes) is 24. The third-order valence-corrected chi connectivity index (χ3v) is 11.6. The van der Waals surface area contributed by atoms with Crippen molar-refractivity contribution in [1.82, 2.24) is 0 Å². The first-order valence-corrected chi connectivity index (χ1v) is 24.0. The maximum Gasteiger partial charge on any atom is 0.472 e. The van der Waals surface area contributed by atoms with Crippen molar-refractivity contribution in [2.75, 3.05) is 19.8 Å². The minimum absolute atomic E-state index is 0.0745. The molecule has 0 aromatic heterocycles. The molecule has 12 nitrogen and oxygen atoms in total. The normalized spacial score (nSPS) is 23.1. The number of phosphoric ester groups is 1. The Hall–Kier alpha value is -0.920. The smallest absolute Gasteiger partial charge is 0.457 e. The molecule has 1 aliphatic rings. The van der Waals surface area contributed by atoms with Crippen LogP contribution in [0.4, 0.5) is 0 Å². The van der Waals surface area contributed by atoms with Gasteiger partial charge in [0, 0.05) is 13.0 Å². The fourth-order valence-corrected chi connectivity index (χ4v) is 7.97. The van der Waals surface area contributed by atoms with Gasteiger partial charge in [0.05, 0.1) is 13.2 Å². The highest BCUT2D eigenvalue weighted by molar-refractivity contribution is 7.47. The van der Waals surface area contributed by atoms with Crippen LogP contribution in [0.2, 0.25) is 0 Å². The second kappa shape index (κ2) is 34.9. The van der Waals surface area contributed by atoms with Gasteiger partial charge < -0.3 is 39.9 Å². The summed E-state index contributed by atoms with van der Waals surface area (Å²) >= 11 is 0. The predicted octanol–water partition coefficient (Wildman–Crippen LogP) is 8.75. The SMILES string of the molecule is CCCCC/C=C\CCCCCCCC(=O)OC(COCCCCCCCCCCCCCCCCCCC)COP(=O)(O)OC1C(O)C(O)C(O)C(O)C1O. The Labute approximate surface area is 339 Å². The number of hydrogen-bond donors (Lipinski definition) is 6. The van der Waals surface area contributed by atoms with Crippen molar-refractivity contribution in [3.05, 3.63) is 12.2 Å².